The molecule has 0 rings (SSSR count). The Bertz CT molecular complexity index is 2410. The van der Waals surface area contributed by atoms with E-state index < -0.39 is 97.5 Å². The molecule has 0 bridgehead atoms. The molecule has 0 aliphatic heterocycles. The Balaban J connectivity index is 5.39. The Morgan fingerprint density at radius 1 is 0.284 bits per heavy atom. The summed E-state index contributed by atoms with van der Waals surface area (Å²) < 4.78 is 68.5. The second-order valence-corrected chi connectivity index (χ2v) is 29.2. The van der Waals surface area contributed by atoms with Crippen LogP contribution in [0.3, 0.4) is 0 Å². The fourth-order valence-corrected chi connectivity index (χ4v) is 12.0. The smallest absolute Gasteiger partial charge is 0.462 e. The first-order chi connectivity index (χ1) is 49.7. The first-order valence-electron chi connectivity index (χ1n) is 39.8. The number of rotatable bonds is 74. The van der Waals surface area contributed by atoms with Crippen LogP contribution >= 0.6 is 15.6 Å². The van der Waals surface area contributed by atoms with Crippen molar-refractivity contribution in [1.29, 1.82) is 0 Å². The summed E-state index contributed by atoms with van der Waals surface area (Å²) in [5.74, 6) is -2.26. The van der Waals surface area contributed by atoms with E-state index in [0.29, 0.717) is 32.1 Å². The van der Waals surface area contributed by atoms with Crippen LogP contribution < -0.4 is 0 Å². The fourth-order valence-electron chi connectivity index (χ4n) is 10.4. The number of esters is 4. The summed E-state index contributed by atoms with van der Waals surface area (Å²) in [5.41, 5.74) is 0. The van der Waals surface area contributed by atoms with Crippen LogP contribution in [-0.2, 0) is 65.4 Å². The van der Waals surface area contributed by atoms with Crippen LogP contribution in [0, 0.1) is 0 Å². The molecule has 5 unspecified atom stereocenters. The minimum atomic E-state index is -5.00. The lowest BCUT2D eigenvalue weighted by atomic mass is 10.0. The Morgan fingerprint density at radius 3 is 0.863 bits per heavy atom. The molecule has 5 atom stereocenters. The Labute approximate surface area is 619 Å². The van der Waals surface area contributed by atoms with Gasteiger partial charge in [0.25, 0.3) is 0 Å². The topological polar surface area (TPSA) is 237 Å². The van der Waals surface area contributed by atoms with Gasteiger partial charge in [0.1, 0.15) is 19.3 Å². The molecule has 0 saturated carbocycles. The first-order valence-corrected chi connectivity index (χ1v) is 42.8. The standard InChI is InChI=1S/C83H142O17P2/c1-5-9-13-17-21-25-29-32-35-37-38-40-42-45-49-52-56-60-64-68-81(86)94-74-79(100-83(88)70-66-62-58-54-50-46-43-39-36-33-30-26-22-18-14-10-6-2)76-98-102(91,92)96-72-77(84)71-95-101(89,90)97-75-78(99-82(87)69-65-61-57-53-47-28-24-20-16-12-8-4)73-93-80(85)67-63-59-55-51-48-44-41-34-31-27-23-19-15-11-7-3/h9-10,13-14,20-22,24-26,32-33,35-36,38,40,43,46,54,58,77-79,84H,5-8,11-12,15-19,23,27-31,34,37,39,41-42,44-45,47-53,55-57,59-76H2,1-4H3,(H,89,90)(H,91,92)/b13-9-,14-10-,24-20-,25-21-,26-22-,35-32-,36-33-,40-38-,46-43-,58-54-. The van der Waals surface area contributed by atoms with Crippen molar-refractivity contribution in [2.75, 3.05) is 39.6 Å². The maximum absolute atomic E-state index is 13.1. The third kappa shape index (κ3) is 73.8. The number of carbonyl (C=O) groups is 4. The summed E-state index contributed by atoms with van der Waals surface area (Å²) in [4.78, 5) is 72.9. The van der Waals surface area contributed by atoms with Crippen LogP contribution in [0.15, 0.2) is 122 Å². The number of aliphatic hydroxyl groups excluding tert-OH is 1. The summed E-state index contributed by atoms with van der Waals surface area (Å²) >= 11 is 0. The number of allylic oxidation sites excluding steroid dienone is 20. The van der Waals surface area contributed by atoms with Gasteiger partial charge in [0.15, 0.2) is 12.2 Å². The summed E-state index contributed by atoms with van der Waals surface area (Å²) in [6.07, 6.45) is 81.9. The Hall–Kier alpha value is -4.54. The normalized spacial score (nSPS) is 14.5. The van der Waals surface area contributed by atoms with Crippen molar-refractivity contribution in [1.82, 2.24) is 0 Å². The largest absolute Gasteiger partial charge is 0.472 e. The Kier molecular flexibility index (Phi) is 71.4. The quantitative estimate of drug-likeness (QED) is 0.0169. The number of carbonyl (C=O) groups excluding carboxylic acids is 4. The predicted octanol–water partition coefficient (Wildman–Crippen LogP) is 23.1. The van der Waals surface area contributed by atoms with Crippen LogP contribution in [0.5, 0.6) is 0 Å². The van der Waals surface area contributed by atoms with Crippen LogP contribution in [0.4, 0.5) is 0 Å². The summed E-state index contributed by atoms with van der Waals surface area (Å²) in [7, 11) is -9.98. The van der Waals surface area contributed by atoms with E-state index in [4.69, 9.17) is 37.0 Å². The molecule has 0 amide bonds. The third-order valence-electron chi connectivity index (χ3n) is 16.4. The second kappa shape index (κ2) is 74.7. The molecule has 0 aliphatic carbocycles. The van der Waals surface area contributed by atoms with Crippen LogP contribution in [-0.4, -0.2) is 96.7 Å². The van der Waals surface area contributed by atoms with Gasteiger partial charge in [-0.15, -0.1) is 0 Å². The lowest BCUT2D eigenvalue weighted by Crippen LogP contribution is -2.30. The first kappa shape index (κ1) is 97.5. The highest BCUT2D eigenvalue weighted by atomic mass is 31.2. The summed E-state index contributed by atoms with van der Waals surface area (Å²) in [6.45, 7) is 4.54. The maximum Gasteiger partial charge on any atom is 0.472 e. The SMILES string of the molecule is CC/C=C\C/C=C\C/C=C\C/C=C\C/C=C\CCCC(=O)OC(COC(=O)CCCCCCCC/C=C\C/C=C\C/C=C\C/C=C\CC)COP(=O)(O)OCC(O)COP(=O)(O)OCC(COC(=O)CCCCCCCCCCCCCCCCC)OC(=O)CCCCCCC/C=C\CCCC. The molecule has 3 N–H and O–H groups in total. The van der Waals surface area contributed by atoms with Crippen molar-refractivity contribution in [3.8, 4) is 0 Å². The molecule has 0 spiro atoms. The molecule has 0 radical (unpaired) electrons. The number of ether oxygens (including phenoxy) is 4. The highest BCUT2D eigenvalue weighted by Gasteiger charge is 2.30. The number of aliphatic hydroxyl groups is 1. The molecule has 0 aliphatic rings. The molecular formula is C83H142O17P2. The van der Waals surface area contributed by atoms with Crippen molar-refractivity contribution in [3.05, 3.63) is 122 Å². The predicted molar refractivity (Wildman–Crippen MR) is 418 cm³/mol. The van der Waals surface area contributed by atoms with E-state index in [1.165, 1.54) is 83.5 Å². The molecule has 0 saturated heterocycles. The third-order valence-corrected chi connectivity index (χ3v) is 18.3. The van der Waals surface area contributed by atoms with Crippen LogP contribution in [0.1, 0.15) is 323 Å². The zero-order valence-electron chi connectivity index (χ0n) is 64.0. The van der Waals surface area contributed by atoms with Crippen molar-refractivity contribution < 1.29 is 80.2 Å². The van der Waals surface area contributed by atoms with E-state index in [-0.39, 0.29) is 25.7 Å². The molecule has 102 heavy (non-hydrogen) atoms. The molecule has 17 nitrogen and oxygen atoms in total. The number of hydrogen-bond acceptors (Lipinski definition) is 15. The molecule has 0 fully saturated rings. The van der Waals surface area contributed by atoms with Gasteiger partial charge in [-0.1, -0.05) is 297 Å². The van der Waals surface area contributed by atoms with Gasteiger partial charge in [-0.3, -0.25) is 37.3 Å². The lowest BCUT2D eigenvalue weighted by molar-refractivity contribution is -0.161. The van der Waals surface area contributed by atoms with Gasteiger partial charge < -0.3 is 33.8 Å². The molecule has 19 heteroatoms. The molecule has 0 heterocycles. The molecule has 0 aromatic heterocycles. The van der Waals surface area contributed by atoms with Gasteiger partial charge in [0, 0.05) is 25.7 Å². The number of phosphoric acid groups is 2. The zero-order chi connectivity index (χ0) is 74.6. The average Bonchev–Trinajstić information content (AvgIpc) is 0.927. The number of phosphoric ester groups is 2. The minimum Gasteiger partial charge on any atom is -0.462 e. The summed E-state index contributed by atoms with van der Waals surface area (Å²) in [6, 6.07) is 0. The van der Waals surface area contributed by atoms with Gasteiger partial charge in [-0.2, -0.15) is 0 Å². The monoisotopic (exact) mass is 1470 g/mol. The fraction of sp³-hybridized carbons (Fsp3) is 0.711. The number of unbranched alkanes of at least 4 members (excludes halogenated alkanes) is 28. The van der Waals surface area contributed by atoms with Crippen LogP contribution in [0.2, 0.25) is 0 Å². The van der Waals surface area contributed by atoms with Crippen molar-refractivity contribution in [2.24, 2.45) is 0 Å². The van der Waals surface area contributed by atoms with Gasteiger partial charge in [-0.05, 0) is 122 Å². The van der Waals surface area contributed by atoms with E-state index in [9.17, 15) is 43.2 Å². The zero-order valence-corrected chi connectivity index (χ0v) is 65.8. The van der Waals surface area contributed by atoms with E-state index in [1.54, 1.807) is 0 Å². The van der Waals surface area contributed by atoms with Gasteiger partial charge in [0.05, 0.1) is 26.4 Å². The molecule has 0 aromatic carbocycles. The summed E-state index contributed by atoms with van der Waals surface area (Å²) in [5, 5.41) is 10.6. The van der Waals surface area contributed by atoms with E-state index in [1.807, 2.05) is 12.2 Å². The highest BCUT2D eigenvalue weighted by molar-refractivity contribution is 7.47. The van der Waals surface area contributed by atoms with Gasteiger partial charge >= 0.3 is 39.5 Å². The van der Waals surface area contributed by atoms with Crippen molar-refractivity contribution >= 4 is 39.5 Å². The Morgan fingerprint density at radius 2 is 0.529 bits per heavy atom. The van der Waals surface area contributed by atoms with Crippen molar-refractivity contribution in [3.63, 3.8) is 0 Å². The van der Waals surface area contributed by atoms with E-state index in [2.05, 4.69) is 137 Å². The minimum absolute atomic E-state index is 0.0109. The molecular weight excluding hydrogens is 1330 g/mol. The number of hydrogen-bond donors (Lipinski definition) is 3. The average molecular weight is 1470 g/mol. The molecule has 586 valence electrons. The highest BCUT2D eigenvalue weighted by Crippen LogP contribution is 2.45. The second-order valence-electron chi connectivity index (χ2n) is 26.2. The van der Waals surface area contributed by atoms with Crippen molar-refractivity contribution in [2.45, 2.75) is 341 Å². The van der Waals surface area contributed by atoms with Gasteiger partial charge in [-0.25, -0.2) is 9.13 Å². The maximum atomic E-state index is 13.1. The van der Waals surface area contributed by atoms with E-state index in [0.717, 1.165) is 154 Å². The molecule has 0 aromatic rings. The lowest BCUT2D eigenvalue weighted by Gasteiger charge is -2.21. The van der Waals surface area contributed by atoms with Crippen LogP contribution in [0.25, 0.3) is 0 Å². The van der Waals surface area contributed by atoms with E-state index >= 15 is 0 Å². The van der Waals surface area contributed by atoms with Gasteiger partial charge in [0.2, 0.25) is 0 Å².